The molecule has 4 N–H and O–H groups in total. The van der Waals surface area contributed by atoms with Gasteiger partial charge < -0.3 is 15.6 Å². The van der Waals surface area contributed by atoms with Crippen LogP contribution in [-0.2, 0) is 6.42 Å². The van der Waals surface area contributed by atoms with Gasteiger partial charge in [0, 0.05) is 34.7 Å². The third-order valence-electron chi connectivity index (χ3n) is 5.38. The molecule has 0 saturated heterocycles. The Balaban J connectivity index is 1.24. The highest BCUT2D eigenvalue weighted by atomic mass is 32.1. The van der Waals surface area contributed by atoms with Crippen molar-refractivity contribution in [1.82, 2.24) is 25.1 Å². The van der Waals surface area contributed by atoms with Crippen molar-refractivity contribution in [3.8, 4) is 0 Å². The molecule has 8 heteroatoms. The average molecular weight is 426 g/mol. The van der Waals surface area contributed by atoms with E-state index >= 15 is 0 Å². The molecule has 0 aliphatic carbocycles. The van der Waals surface area contributed by atoms with Crippen LogP contribution in [0.4, 0.5) is 17.5 Å². The Morgan fingerprint density at radius 2 is 1.94 bits per heavy atom. The lowest BCUT2D eigenvalue weighted by Gasteiger charge is -2.10. The summed E-state index contributed by atoms with van der Waals surface area (Å²) >= 11 is 1.61. The maximum Gasteiger partial charge on any atom is 0.226 e. The van der Waals surface area contributed by atoms with Gasteiger partial charge in [-0.05, 0) is 47.7 Å². The molecule has 0 aliphatic heterocycles. The first-order valence-corrected chi connectivity index (χ1v) is 11.0. The fourth-order valence-electron chi connectivity index (χ4n) is 3.83. The number of nitrogens with zero attached hydrogens (tertiary/aromatic N) is 3. The van der Waals surface area contributed by atoms with Crippen LogP contribution in [0.2, 0.25) is 0 Å². The van der Waals surface area contributed by atoms with Gasteiger partial charge in [-0.15, -0.1) is 11.3 Å². The van der Waals surface area contributed by atoms with E-state index in [2.05, 4.69) is 62.3 Å². The molecule has 0 amide bonds. The zero-order chi connectivity index (χ0) is 20.6. The molecule has 0 radical (unpaired) electrons. The van der Waals surface area contributed by atoms with E-state index in [1.54, 1.807) is 11.3 Å². The Bertz CT molecular complexity index is 1510. The summed E-state index contributed by atoms with van der Waals surface area (Å²) in [5, 5.41) is 19.3. The van der Waals surface area contributed by atoms with Crippen molar-refractivity contribution in [2.24, 2.45) is 0 Å². The van der Waals surface area contributed by atoms with Crippen molar-refractivity contribution in [2.45, 2.75) is 6.42 Å². The number of anilines is 3. The molecule has 2 aromatic carbocycles. The van der Waals surface area contributed by atoms with Crippen LogP contribution in [0, 0.1) is 0 Å². The minimum Gasteiger partial charge on any atom is -0.361 e. The van der Waals surface area contributed by atoms with Gasteiger partial charge in [0.15, 0.2) is 0 Å². The molecule has 0 bridgehead atoms. The van der Waals surface area contributed by atoms with Crippen LogP contribution in [0.1, 0.15) is 5.56 Å². The van der Waals surface area contributed by atoms with Crippen LogP contribution in [0.15, 0.2) is 66.3 Å². The van der Waals surface area contributed by atoms with Gasteiger partial charge in [-0.2, -0.15) is 10.1 Å². The summed E-state index contributed by atoms with van der Waals surface area (Å²) < 4.78 is 0. The molecule has 152 valence electrons. The summed E-state index contributed by atoms with van der Waals surface area (Å²) in [4.78, 5) is 13.7. The van der Waals surface area contributed by atoms with E-state index in [-0.39, 0.29) is 0 Å². The van der Waals surface area contributed by atoms with Crippen LogP contribution >= 0.6 is 11.3 Å². The number of benzene rings is 2. The molecule has 4 heterocycles. The van der Waals surface area contributed by atoms with Crippen molar-refractivity contribution < 1.29 is 0 Å². The van der Waals surface area contributed by atoms with E-state index in [9.17, 15) is 0 Å². The monoisotopic (exact) mass is 425 g/mol. The molecule has 0 saturated carbocycles. The molecule has 31 heavy (non-hydrogen) atoms. The van der Waals surface area contributed by atoms with Crippen LogP contribution in [-0.4, -0.2) is 31.7 Å². The summed E-state index contributed by atoms with van der Waals surface area (Å²) in [5.74, 6) is 1.42. The molecule has 0 aliphatic rings. The third kappa shape index (κ3) is 3.36. The van der Waals surface area contributed by atoms with Crippen molar-refractivity contribution in [3.05, 3.63) is 71.9 Å². The van der Waals surface area contributed by atoms with Gasteiger partial charge in [0.1, 0.15) is 10.6 Å². The molecule has 6 rings (SSSR count). The minimum absolute atomic E-state index is 0.627. The number of nitrogens with one attached hydrogen (secondary N) is 4. The second-order valence-electron chi connectivity index (χ2n) is 7.37. The van der Waals surface area contributed by atoms with Gasteiger partial charge in [0.05, 0.1) is 17.1 Å². The third-order valence-corrected chi connectivity index (χ3v) is 6.19. The lowest BCUT2D eigenvalue weighted by molar-refractivity contribution is 0.999. The normalized spacial score (nSPS) is 11.5. The summed E-state index contributed by atoms with van der Waals surface area (Å²) in [7, 11) is 0. The second-order valence-corrected chi connectivity index (χ2v) is 8.26. The maximum absolute atomic E-state index is 4.76. The van der Waals surface area contributed by atoms with Crippen LogP contribution in [0.25, 0.3) is 32.0 Å². The van der Waals surface area contributed by atoms with E-state index < -0.39 is 0 Å². The first-order valence-electron chi connectivity index (χ1n) is 10.1. The number of hydrogen-bond acceptors (Lipinski definition) is 6. The number of fused-ring (bicyclic) bond motifs is 3. The van der Waals surface area contributed by atoms with Gasteiger partial charge in [-0.3, -0.25) is 5.10 Å². The fraction of sp³-hybridized carbons (Fsp3) is 0.0870. The Morgan fingerprint density at radius 3 is 2.94 bits per heavy atom. The molecule has 0 spiro atoms. The Kier molecular flexibility index (Phi) is 4.28. The summed E-state index contributed by atoms with van der Waals surface area (Å²) in [5.41, 5.74) is 4.42. The molecule has 0 unspecified atom stereocenters. The first-order chi connectivity index (χ1) is 15.3. The number of hydrogen-bond donors (Lipinski definition) is 4. The van der Waals surface area contributed by atoms with Crippen LogP contribution < -0.4 is 10.6 Å². The van der Waals surface area contributed by atoms with Gasteiger partial charge in [-0.25, -0.2) is 4.98 Å². The highest BCUT2D eigenvalue weighted by Crippen LogP contribution is 2.29. The number of H-pyrrole nitrogens is 2. The maximum atomic E-state index is 4.76. The number of rotatable bonds is 6. The topological polar surface area (TPSA) is 94.3 Å². The van der Waals surface area contributed by atoms with Gasteiger partial charge in [-0.1, -0.05) is 18.2 Å². The zero-order valence-electron chi connectivity index (χ0n) is 16.5. The summed E-state index contributed by atoms with van der Waals surface area (Å²) in [6.45, 7) is 0.749. The highest BCUT2D eigenvalue weighted by Gasteiger charge is 2.10. The molecule has 6 aromatic rings. The highest BCUT2D eigenvalue weighted by molar-refractivity contribution is 7.16. The molecular weight excluding hydrogens is 406 g/mol. The predicted octanol–water partition coefficient (Wildman–Crippen LogP) is 5.45. The fourth-order valence-corrected chi connectivity index (χ4v) is 4.60. The number of aromatic amines is 2. The minimum atomic E-state index is 0.627. The largest absolute Gasteiger partial charge is 0.361 e. The van der Waals surface area contributed by atoms with Crippen LogP contribution in [0.5, 0.6) is 0 Å². The predicted molar refractivity (Wildman–Crippen MR) is 127 cm³/mol. The van der Waals surface area contributed by atoms with E-state index in [0.29, 0.717) is 5.95 Å². The van der Waals surface area contributed by atoms with Gasteiger partial charge >= 0.3 is 0 Å². The van der Waals surface area contributed by atoms with Gasteiger partial charge in [0.2, 0.25) is 5.95 Å². The van der Waals surface area contributed by atoms with Crippen molar-refractivity contribution in [3.63, 3.8) is 0 Å². The quantitative estimate of drug-likeness (QED) is 0.285. The Hall–Kier alpha value is -3.91. The molecule has 0 fully saturated rings. The summed E-state index contributed by atoms with van der Waals surface area (Å²) in [6, 6.07) is 16.5. The zero-order valence-corrected chi connectivity index (χ0v) is 17.3. The standard InChI is InChI=1S/C23H19N7S/c1-2-4-20-17(3-1)14(12-25-20)7-9-24-23-28-21(18-8-10-31-22(18)29-23)27-16-5-6-19-15(11-16)13-26-30-19/h1-6,8,10-13,25H,7,9H2,(H,26,30)(H2,24,27,28,29). The molecule has 7 nitrogen and oxygen atoms in total. The molecule has 4 aromatic heterocycles. The first kappa shape index (κ1) is 17.9. The Labute approximate surface area is 181 Å². The number of thiophene rings is 1. The molecule has 0 atom stereocenters. The number of aromatic nitrogens is 5. The van der Waals surface area contributed by atoms with E-state index in [1.807, 2.05) is 29.8 Å². The summed E-state index contributed by atoms with van der Waals surface area (Å²) in [6.07, 6.45) is 4.78. The van der Waals surface area contributed by atoms with Gasteiger partial charge in [0.25, 0.3) is 0 Å². The smallest absolute Gasteiger partial charge is 0.226 e. The van der Waals surface area contributed by atoms with E-state index in [4.69, 9.17) is 9.97 Å². The lowest BCUT2D eigenvalue weighted by Crippen LogP contribution is -2.09. The van der Waals surface area contributed by atoms with E-state index in [1.165, 1.54) is 10.9 Å². The van der Waals surface area contributed by atoms with Crippen molar-refractivity contribution in [1.29, 1.82) is 0 Å². The van der Waals surface area contributed by atoms with Crippen molar-refractivity contribution >= 4 is 60.8 Å². The van der Waals surface area contributed by atoms with Crippen LogP contribution in [0.3, 0.4) is 0 Å². The van der Waals surface area contributed by atoms with Crippen molar-refractivity contribution in [2.75, 3.05) is 17.2 Å². The SMILES string of the molecule is c1ccc2c(CCNc3nc(Nc4ccc5[nH]ncc5c4)c4ccsc4n3)c[nH]c2c1. The second kappa shape index (κ2) is 7.41. The molecular formula is C23H19N7S. The van der Waals surface area contributed by atoms with E-state index in [0.717, 1.165) is 51.1 Å². The Morgan fingerprint density at radius 1 is 0.968 bits per heavy atom. The average Bonchev–Trinajstić information content (AvgIpc) is 3.53. The number of para-hydroxylation sites is 1. The lowest BCUT2D eigenvalue weighted by atomic mass is 10.1.